The number of methoxy groups -OCH3 is 1. The van der Waals surface area contributed by atoms with E-state index in [1.807, 2.05) is 6.07 Å². The number of hydrogen-bond donors (Lipinski definition) is 1. The molecule has 1 rings (SSSR count). The maximum absolute atomic E-state index is 13.1. The highest BCUT2D eigenvalue weighted by Crippen LogP contribution is 2.08. The summed E-state index contributed by atoms with van der Waals surface area (Å²) < 4.78 is 17.5. The van der Waals surface area contributed by atoms with Crippen molar-refractivity contribution in [1.29, 1.82) is 5.26 Å². The van der Waals surface area contributed by atoms with E-state index in [2.05, 4.69) is 10.1 Å². The lowest BCUT2D eigenvalue weighted by atomic mass is 10.1. The lowest BCUT2D eigenvalue weighted by molar-refractivity contribution is -0.140. The third-order valence-electron chi connectivity index (χ3n) is 2.15. The van der Waals surface area contributed by atoms with Gasteiger partial charge in [-0.3, -0.25) is 4.79 Å². The van der Waals surface area contributed by atoms with Crippen LogP contribution in [0, 0.1) is 17.1 Å². The van der Waals surface area contributed by atoms with Gasteiger partial charge in [-0.2, -0.15) is 5.26 Å². The maximum Gasteiger partial charge on any atom is 0.306 e. The molecule has 5 heteroatoms. The molecular formula is C12H13FN2O2. The maximum atomic E-state index is 13.1. The Hall–Kier alpha value is -1.93. The molecule has 17 heavy (non-hydrogen) atoms. The summed E-state index contributed by atoms with van der Waals surface area (Å²) in [5, 5.41) is 11.6. The summed E-state index contributed by atoms with van der Waals surface area (Å²) in [6.45, 7) is 0.856. The number of nitrogens with one attached hydrogen (secondary N) is 1. The molecule has 0 aliphatic carbocycles. The number of ether oxygens (including phenoxy) is 1. The first-order valence-electron chi connectivity index (χ1n) is 5.13. The fourth-order valence-electron chi connectivity index (χ4n) is 1.34. The van der Waals surface area contributed by atoms with Gasteiger partial charge in [0.1, 0.15) is 5.82 Å². The van der Waals surface area contributed by atoms with Gasteiger partial charge in [0.05, 0.1) is 25.2 Å². The normalized spacial score (nSPS) is 9.71. The molecule has 0 aromatic heterocycles. The van der Waals surface area contributed by atoms with Crippen LogP contribution in [-0.2, 0) is 16.1 Å². The second kappa shape index (κ2) is 6.61. The van der Waals surface area contributed by atoms with Crippen LogP contribution in [0.4, 0.5) is 4.39 Å². The van der Waals surface area contributed by atoms with E-state index in [0.29, 0.717) is 18.7 Å². The number of benzene rings is 1. The predicted octanol–water partition coefficient (Wildman–Crippen LogP) is 1.35. The van der Waals surface area contributed by atoms with Crippen molar-refractivity contribution < 1.29 is 13.9 Å². The molecule has 1 aromatic carbocycles. The van der Waals surface area contributed by atoms with Crippen molar-refractivity contribution in [3.8, 4) is 6.07 Å². The quantitative estimate of drug-likeness (QED) is 0.619. The SMILES string of the molecule is COC(=O)CCNCc1cc(F)cc(C#N)c1. The summed E-state index contributed by atoms with van der Waals surface area (Å²) >= 11 is 0. The van der Waals surface area contributed by atoms with Gasteiger partial charge < -0.3 is 10.1 Å². The molecule has 0 aliphatic heterocycles. The fourth-order valence-corrected chi connectivity index (χ4v) is 1.34. The summed E-state index contributed by atoms with van der Waals surface area (Å²) in [6.07, 6.45) is 0.261. The molecule has 0 atom stereocenters. The van der Waals surface area contributed by atoms with Gasteiger partial charge in [-0.15, -0.1) is 0 Å². The van der Waals surface area contributed by atoms with Crippen LogP contribution in [0.3, 0.4) is 0 Å². The van der Waals surface area contributed by atoms with Gasteiger partial charge in [0.15, 0.2) is 0 Å². The van der Waals surface area contributed by atoms with E-state index in [9.17, 15) is 9.18 Å². The minimum absolute atomic E-state index is 0.261. The van der Waals surface area contributed by atoms with E-state index < -0.39 is 5.82 Å². The minimum Gasteiger partial charge on any atom is -0.469 e. The van der Waals surface area contributed by atoms with Gasteiger partial charge in [-0.05, 0) is 23.8 Å². The van der Waals surface area contributed by atoms with Crippen LogP contribution in [0.5, 0.6) is 0 Å². The molecule has 90 valence electrons. The zero-order valence-electron chi connectivity index (χ0n) is 9.50. The first-order valence-corrected chi connectivity index (χ1v) is 5.13. The zero-order chi connectivity index (χ0) is 12.7. The van der Waals surface area contributed by atoms with Gasteiger partial charge in [-0.25, -0.2) is 4.39 Å². The molecule has 0 heterocycles. The summed E-state index contributed by atoms with van der Waals surface area (Å²) in [5.74, 6) is -0.733. The molecule has 0 amide bonds. The number of rotatable bonds is 5. The molecule has 0 spiro atoms. The predicted molar refractivity (Wildman–Crippen MR) is 59.5 cm³/mol. The van der Waals surface area contributed by atoms with Crippen molar-refractivity contribution in [3.63, 3.8) is 0 Å². The Bertz CT molecular complexity index is 441. The third kappa shape index (κ3) is 4.62. The second-order valence-corrected chi connectivity index (χ2v) is 3.46. The zero-order valence-corrected chi connectivity index (χ0v) is 9.50. The van der Waals surface area contributed by atoms with Crippen LogP contribution in [0.2, 0.25) is 0 Å². The van der Waals surface area contributed by atoms with Crippen LogP contribution >= 0.6 is 0 Å². The van der Waals surface area contributed by atoms with Crippen molar-refractivity contribution in [2.45, 2.75) is 13.0 Å². The molecule has 0 bridgehead atoms. The van der Waals surface area contributed by atoms with Gasteiger partial charge in [0, 0.05) is 13.1 Å². The Kier molecular flexibility index (Phi) is 5.11. The van der Waals surface area contributed by atoms with Crippen molar-refractivity contribution in [1.82, 2.24) is 5.32 Å². The third-order valence-corrected chi connectivity index (χ3v) is 2.15. The summed E-state index contributed by atoms with van der Waals surface area (Å²) in [7, 11) is 1.33. The summed E-state index contributed by atoms with van der Waals surface area (Å²) in [5.41, 5.74) is 0.959. The van der Waals surface area contributed by atoms with Crippen molar-refractivity contribution in [2.24, 2.45) is 0 Å². The molecule has 0 aliphatic rings. The molecule has 0 fully saturated rings. The summed E-state index contributed by atoms with van der Waals surface area (Å²) in [6, 6.07) is 6.02. The molecule has 1 N–H and O–H groups in total. The first-order chi connectivity index (χ1) is 8.15. The van der Waals surface area contributed by atoms with E-state index in [0.717, 1.165) is 0 Å². The van der Waals surface area contributed by atoms with E-state index in [1.165, 1.54) is 19.2 Å². The monoisotopic (exact) mass is 236 g/mol. The number of carbonyl (C=O) groups excluding carboxylic acids is 1. The van der Waals surface area contributed by atoms with Gasteiger partial charge in [0.25, 0.3) is 0 Å². The smallest absolute Gasteiger partial charge is 0.306 e. The minimum atomic E-state index is -0.436. The van der Waals surface area contributed by atoms with E-state index in [-0.39, 0.29) is 18.0 Å². The van der Waals surface area contributed by atoms with E-state index >= 15 is 0 Å². The fraction of sp³-hybridized carbons (Fsp3) is 0.333. The molecule has 1 aromatic rings. The Labute approximate surface area is 99.0 Å². The van der Waals surface area contributed by atoms with Crippen molar-refractivity contribution in [2.75, 3.05) is 13.7 Å². The Balaban J connectivity index is 2.44. The number of esters is 1. The Morgan fingerprint density at radius 1 is 1.53 bits per heavy atom. The number of halogens is 1. The Morgan fingerprint density at radius 2 is 2.29 bits per heavy atom. The second-order valence-electron chi connectivity index (χ2n) is 3.46. The van der Waals surface area contributed by atoms with E-state index in [1.54, 1.807) is 6.07 Å². The molecular weight excluding hydrogens is 223 g/mol. The largest absolute Gasteiger partial charge is 0.469 e. The molecule has 0 saturated carbocycles. The lowest BCUT2D eigenvalue weighted by Crippen LogP contribution is -2.18. The molecule has 4 nitrogen and oxygen atoms in total. The van der Waals surface area contributed by atoms with Gasteiger partial charge in [0.2, 0.25) is 0 Å². The van der Waals surface area contributed by atoms with E-state index in [4.69, 9.17) is 5.26 Å². The van der Waals surface area contributed by atoms with Crippen LogP contribution in [0.25, 0.3) is 0 Å². The van der Waals surface area contributed by atoms with Crippen LogP contribution in [-0.4, -0.2) is 19.6 Å². The number of nitrogens with zero attached hydrogens (tertiary/aromatic N) is 1. The number of hydrogen-bond acceptors (Lipinski definition) is 4. The highest BCUT2D eigenvalue weighted by Gasteiger charge is 2.02. The average molecular weight is 236 g/mol. The molecule has 0 unspecified atom stereocenters. The molecule has 0 saturated heterocycles. The Morgan fingerprint density at radius 3 is 2.94 bits per heavy atom. The topological polar surface area (TPSA) is 62.1 Å². The first kappa shape index (κ1) is 13.1. The van der Waals surface area contributed by atoms with Crippen LogP contribution in [0.1, 0.15) is 17.5 Å². The highest BCUT2D eigenvalue weighted by molar-refractivity contribution is 5.69. The average Bonchev–Trinajstić information content (AvgIpc) is 2.33. The van der Waals surface area contributed by atoms with Gasteiger partial charge >= 0.3 is 5.97 Å². The van der Waals surface area contributed by atoms with Crippen LogP contribution in [0.15, 0.2) is 18.2 Å². The van der Waals surface area contributed by atoms with Gasteiger partial charge in [-0.1, -0.05) is 0 Å². The standard InChI is InChI=1S/C12H13FN2O2/c1-17-12(16)2-3-15-8-10-4-9(7-14)5-11(13)6-10/h4-6,15H,2-3,8H2,1H3. The van der Waals surface area contributed by atoms with Crippen molar-refractivity contribution in [3.05, 3.63) is 35.1 Å². The highest BCUT2D eigenvalue weighted by atomic mass is 19.1. The number of carbonyl (C=O) groups is 1. The van der Waals surface area contributed by atoms with Crippen molar-refractivity contribution >= 4 is 5.97 Å². The van der Waals surface area contributed by atoms with Crippen LogP contribution < -0.4 is 5.32 Å². The lowest BCUT2D eigenvalue weighted by Gasteiger charge is -2.04. The molecule has 0 radical (unpaired) electrons. The number of nitriles is 1. The summed E-state index contributed by atoms with van der Waals surface area (Å²) in [4.78, 5) is 10.8.